The van der Waals surface area contributed by atoms with Crippen LogP contribution in [-0.2, 0) is 11.3 Å². The van der Waals surface area contributed by atoms with Gasteiger partial charge in [-0.2, -0.15) is 0 Å². The monoisotopic (exact) mass is 255 g/mol. The van der Waals surface area contributed by atoms with Gasteiger partial charge >= 0.3 is 0 Å². The second-order valence-electron chi connectivity index (χ2n) is 4.46. The highest BCUT2D eigenvalue weighted by Gasteiger charge is 2.23. The topological polar surface area (TPSA) is 59.2 Å². The standard InChI is InChI=1S/C12H21N3OS/c1-5-8(2)11(13)12(16)15(4)6-10-7-17-9(3)14-10/h7-8,11H,5-6,13H2,1-4H3/t8-,11-/m0/s1. The van der Waals surface area contributed by atoms with Crippen molar-refractivity contribution in [1.29, 1.82) is 0 Å². The van der Waals surface area contributed by atoms with E-state index in [4.69, 9.17) is 5.73 Å². The lowest BCUT2D eigenvalue weighted by Gasteiger charge is -2.24. The van der Waals surface area contributed by atoms with E-state index in [0.29, 0.717) is 6.54 Å². The van der Waals surface area contributed by atoms with E-state index in [1.54, 1.807) is 23.3 Å². The summed E-state index contributed by atoms with van der Waals surface area (Å²) < 4.78 is 0. The summed E-state index contributed by atoms with van der Waals surface area (Å²) in [6.45, 7) is 6.54. The Morgan fingerprint density at radius 3 is 2.76 bits per heavy atom. The zero-order valence-electron chi connectivity index (χ0n) is 10.9. The number of thiazole rings is 1. The minimum absolute atomic E-state index is 0.00926. The number of carbonyl (C=O) groups excluding carboxylic acids is 1. The van der Waals surface area contributed by atoms with Crippen molar-refractivity contribution in [1.82, 2.24) is 9.88 Å². The van der Waals surface area contributed by atoms with E-state index in [1.807, 2.05) is 26.2 Å². The van der Waals surface area contributed by atoms with E-state index in [-0.39, 0.29) is 11.8 Å². The second-order valence-corrected chi connectivity index (χ2v) is 5.53. The van der Waals surface area contributed by atoms with Crippen LogP contribution in [0.2, 0.25) is 0 Å². The Bertz CT molecular complexity index is 378. The largest absolute Gasteiger partial charge is 0.338 e. The average molecular weight is 255 g/mol. The number of amides is 1. The van der Waals surface area contributed by atoms with Crippen LogP contribution in [0.15, 0.2) is 5.38 Å². The number of hydrogen-bond acceptors (Lipinski definition) is 4. The summed E-state index contributed by atoms with van der Waals surface area (Å²) in [5, 5.41) is 3.00. The van der Waals surface area contributed by atoms with E-state index in [1.165, 1.54) is 0 Å². The third-order valence-electron chi connectivity index (χ3n) is 2.98. The highest BCUT2D eigenvalue weighted by Crippen LogP contribution is 2.12. The van der Waals surface area contributed by atoms with Crippen LogP contribution < -0.4 is 5.73 Å². The van der Waals surface area contributed by atoms with E-state index in [2.05, 4.69) is 4.98 Å². The third kappa shape index (κ3) is 3.78. The fourth-order valence-electron chi connectivity index (χ4n) is 1.55. The zero-order chi connectivity index (χ0) is 13.0. The summed E-state index contributed by atoms with van der Waals surface area (Å²) in [6, 6.07) is -0.412. The summed E-state index contributed by atoms with van der Waals surface area (Å²) in [7, 11) is 1.78. The lowest BCUT2D eigenvalue weighted by Crippen LogP contribution is -2.45. The Morgan fingerprint density at radius 2 is 2.29 bits per heavy atom. The summed E-state index contributed by atoms with van der Waals surface area (Å²) in [5.41, 5.74) is 6.85. The molecule has 96 valence electrons. The first-order chi connectivity index (χ1) is 7.95. The average Bonchev–Trinajstić information content (AvgIpc) is 2.71. The lowest BCUT2D eigenvalue weighted by molar-refractivity contribution is -0.133. The molecule has 5 heteroatoms. The van der Waals surface area contributed by atoms with Crippen molar-refractivity contribution < 1.29 is 4.79 Å². The third-order valence-corrected chi connectivity index (χ3v) is 3.81. The minimum Gasteiger partial charge on any atom is -0.338 e. The highest BCUT2D eigenvalue weighted by atomic mass is 32.1. The molecule has 1 aromatic heterocycles. The Labute approximate surface area is 107 Å². The number of aromatic nitrogens is 1. The maximum atomic E-state index is 12.0. The molecule has 0 fully saturated rings. The molecule has 0 unspecified atom stereocenters. The second kappa shape index (κ2) is 6.12. The summed E-state index contributed by atoms with van der Waals surface area (Å²) in [5.74, 6) is 0.201. The van der Waals surface area contributed by atoms with Crippen molar-refractivity contribution in [2.75, 3.05) is 7.05 Å². The number of likely N-dealkylation sites (N-methyl/N-ethyl adjacent to an activating group) is 1. The Balaban J connectivity index is 2.58. The van der Waals surface area contributed by atoms with E-state index < -0.39 is 6.04 Å². The summed E-state index contributed by atoms with van der Waals surface area (Å²) in [4.78, 5) is 18.0. The molecule has 0 radical (unpaired) electrons. The van der Waals surface area contributed by atoms with Gasteiger partial charge in [-0.15, -0.1) is 11.3 Å². The minimum atomic E-state index is -0.412. The number of nitrogens with two attached hydrogens (primary N) is 1. The van der Waals surface area contributed by atoms with E-state index in [9.17, 15) is 4.79 Å². The molecule has 0 aromatic carbocycles. The van der Waals surface area contributed by atoms with Gasteiger partial charge in [0.05, 0.1) is 23.3 Å². The quantitative estimate of drug-likeness (QED) is 0.872. The van der Waals surface area contributed by atoms with Gasteiger partial charge in [0.1, 0.15) is 0 Å². The molecule has 1 heterocycles. The maximum Gasteiger partial charge on any atom is 0.239 e. The van der Waals surface area contributed by atoms with Crippen molar-refractivity contribution in [2.24, 2.45) is 11.7 Å². The molecule has 0 saturated heterocycles. The van der Waals surface area contributed by atoms with Crippen molar-refractivity contribution >= 4 is 17.2 Å². The molecule has 0 bridgehead atoms. The van der Waals surface area contributed by atoms with Gasteiger partial charge in [0.2, 0.25) is 5.91 Å². The van der Waals surface area contributed by atoms with E-state index in [0.717, 1.165) is 17.1 Å². The van der Waals surface area contributed by atoms with Gasteiger partial charge < -0.3 is 10.6 Å². The number of rotatable bonds is 5. The molecule has 2 N–H and O–H groups in total. The predicted molar refractivity (Wildman–Crippen MR) is 70.8 cm³/mol. The summed E-state index contributed by atoms with van der Waals surface area (Å²) in [6.07, 6.45) is 0.913. The van der Waals surface area contributed by atoms with Gasteiger partial charge in [-0.25, -0.2) is 4.98 Å². The van der Waals surface area contributed by atoms with Crippen molar-refractivity contribution in [2.45, 2.75) is 39.8 Å². The van der Waals surface area contributed by atoms with Gasteiger partial charge in [-0.3, -0.25) is 4.79 Å². The Morgan fingerprint density at radius 1 is 1.65 bits per heavy atom. The molecule has 0 aliphatic heterocycles. The number of hydrogen-bond donors (Lipinski definition) is 1. The zero-order valence-corrected chi connectivity index (χ0v) is 11.8. The molecular formula is C12H21N3OS. The highest BCUT2D eigenvalue weighted by molar-refractivity contribution is 7.09. The molecule has 1 rings (SSSR count). The normalized spacial score (nSPS) is 14.4. The van der Waals surface area contributed by atoms with Crippen LogP contribution in [0, 0.1) is 12.8 Å². The molecule has 4 nitrogen and oxygen atoms in total. The van der Waals surface area contributed by atoms with Crippen LogP contribution in [-0.4, -0.2) is 28.9 Å². The Kier molecular flexibility index (Phi) is 5.08. The molecule has 0 aliphatic carbocycles. The fraction of sp³-hybridized carbons (Fsp3) is 0.667. The van der Waals surface area contributed by atoms with Gasteiger partial charge in [0.15, 0.2) is 0 Å². The van der Waals surface area contributed by atoms with Crippen LogP contribution in [0.5, 0.6) is 0 Å². The van der Waals surface area contributed by atoms with Crippen molar-refractivity contribution in [3.63, 3.8) is 0 Å². The van der Waals surface area contributed by atoms with Crippen LogP contribution in [0.4, 0.5) is 0 Å². The van der Waals surface area contributed by atoms with Crippen LogP contribution in [0.3, 0.4) is 0 Å². The van der Waals surface area contributed by atoms with Gasteiger partial charge in [0, 0.05) is 12.4 Å². The number of aryl methyl sites for hydroxylation is 1. The first-order valence-corrected chi connectivity index (χ1v) is 6.75. The van der Waals surface area contributed by atoms with Crippen molar-refractivity contribution in [3.05, 3.63) is 16.1 Å². The van der Waals surface area contributed by atoms with Crippen molar-refractivity contribution in [3.8, 4) is 0 Å². The molecule has 0 aliphatic rings. The first-order valence-electron chi connectivity index (χ1n) is 5.87. The van der Waals surface area contributed by atoms with Gasteiger partial charge in [-0.1, -0.05) is 20.3 Å². The number of nitrogens with zero attached hydrogens (tertiary/aromatic N) is 2. The smallest absolute Gasteiger partial charge is 0.239 e. The molecule has 17 heavy (non-hydrogen) atoms. The van der Waals surface area contributed by atoms with Gasteiger partial charge in [0.25, 0.3) is 0 Å². The fourth-order valence-corrected chi connectivity index (χ4v) is 2.16. The molecule has 2 atom stereocenters. The molecule has 1 aromatic rings. The first kappa shape index (κ1) is 14.1. The molecular weight excluding hydrogens is 234 g/mol. The molecule has 0 saturated carbocycles. The van der Waals surface area contributed by atoms with Crippen LogP contribution in [0.25, 0.3) is 0 Å². The lowest BCUT2D eigenvalue weighted by atomic mass is 9.99. The van der Waals surface area contributed by atoms with Gasteiger partial charge in [-0.05, 0) is 12.8 Å². The predicted octanol–water partition coefficient (Wildman–Crippen LogP) is 1.78. The number of carbonyl (C=O) groups is 1. The van der Waals surface area contributed by atoms with E-state index >= 15 is 0 Å². The SMILES string of the molecule is CC[C@H](C)[C@H](N)C(=O)N(C)Cc1csc(C)n1. The molecule has 0 spiro atoms. The van der Waals surface area contributed by atoms with Crippen LogP contribution in [0.1, 0.15) is 31.0 Å². The van der Waals surface area contributed by atoms with Crippen LogP contribution >= 0.6 is 11.3 Å². The maximum absolute atomic E-state index is 12.0. The molecule has 1 amide bonds. The Hall–Kier alpha value is -0.940. The summed E-state index contributed by atoms with van der Waals surface area (Å²) >= 11 is 1.60.